The first-order chi connectivity index (χ1) is 11.9. The number of nitrogens with one attached hydrogen (secondary N) is 1. The quantitative estimate of drug-likeness (QED) is 0.528. The SMILES string of the molecule is COC(=O)c1c(C)[nH]c(C(=O)[C@H](C)[n+]2ccc3c(c2)CCCC3)c1C. The number of carbonyl (C=O) groups excluding carboxylic acids is 2. The monoisotopic (exact) mass is 341 g/mol. The Hall–Kier alpha value is -2.43. The third-order valence-electron chi connectivity index (χ3n) is 5.21. The zero-order valence-corrected chi connectivity index (χ0v) is 15.3. The second kappa shape index (κ2) is 6.82. The van der Waals surface area contributed by atoms with E-state index in [1.54, 1.807) is 13.8 Å². The van der Waals surface area contributed by atoms with Crippen molar-refractivity contribution in [2.75, 3.05) is 7.11 Å². The minimum absolute atomic E-state index is 0.0310. The van der Waals surface area contributed by atoms with Crippen molar-refractivity contribution < 1.29 is 18.9 Å². The first kappa shape index (κ1) is 17.4. The van der Waals surface area contributed by atoms with Crippen LogP contribution in [0, 0.1) is 13.8 Å². The van der Waals surface area contributed by atoms with Crippen LogP contribution in [0.2, 0.25) is 0 Å². The third kappa shape index (κ3) is 3.11. The highest BCUT2D eigenvalue weighted by Crippen LogP contribution is 2.23. The standard InChI is InChI=1S/C20H24N2O3/c1-12-17(20(24)25-4)13(2)21-18(12)19(23)14(3)22-10-9-15-7-5-6-8-16(15)11-22/h9-11,14H,5-8H2,1-4H3/p+1/t14-/m0/s1. The lowest BCUT2D eigenvalue weighted by molar-refractivity contribution is -0.705. The number of ether oxygens (including phenoxy) is 1. The number of esters is 1. The zero-order chi connectivity index (χ0) is 18.1. The van der Waals surface area contributed by atoms with Crippen LogP contribution in [0.25, 0.3) is 0 Å². The fourth-order valence-corrected chi connectivity index (χ4v) is 3.68. The molecular formula is C20H25N2O3+. The van der Waals surface area contributed by atoms with Gasteiger partial charge in [-0.05, 0) is 50.7 Å². The van der Waals surface area contributed by atoms with E-state index in [0.29, 0.717) is 22.5 Å². The van der Waals surface area contributed by atoms with Crippen molar-refractivity contribution in [1.82, 2.24) is 4.98 Å². The normalized spacial score (nSPS) is 14.7. The van der Waals surface area contributed by atoms with Crippen LogP contribution in [-0.4, -0.2) is 23.8 Å². The highest BCUT2D eigenvalue weighted by Gasteiger charge is 2.30. The van der Waals surface area contributed by atoms with Gasteiger partial charge in [-0.3, -0.25) is 4.79 Å². The molecule has 0 aliphatic heterocycles. The number of aryl methyl sites for hydroxylation is 3. The van der Waals surface area contributed by atoms with Crippen molar-refractivity contribution in [3.05, 3.63) is 52.1 Å². The lowest BCUT2D eigenvalue weighted by Gasteiger charge is -2.15. The first-order valence-electron chi connectivity index (χ1n) is 8.78. The fourth-order valence-electron chi connectivity index (χ4n) is 3.68. The molecule has 3 rings (SSSR count). The average Bonchev–Trinajstić information content (AvgIpc) is 2.93. The van der Waals surface area contributed by atoms with Gasteiger partial charge in [0, 0.05) is 24.2 Å². The van der Waals surface area contributed by atoms with E-state index in [0.717, 1.165) is 12.8 Å². The molecule has 2 aromatic rings. The molecule has 2 aromatic heterocycles. The minimum Gasteiger partial charge on any atom is -0.465 e. The molecule has 25 heavy (non-hydrogen) atoms. The van der Waals surface area contributed by atoms with E-state index in [1.807, 2.05) is 17.7 Å². The van der Waals surface area contributed by atoms with Crippen molar-refractivity contribution in [3.8, 4) is 0 Å². The number of pyridine rings is 1. The van der Waals surface area contributed by atoms with Crippen LogP contribution in [0.3, 0.4) is 0 Å². The number of rotatable bonds is 4. The third-order valence-corrected chi connectivity index (χ3v) is 5.21. The molecule has 1 aliphatic carbocycles. The van der Waals surface area contributed by atoms with Crippen LogP contribution in [0.5, 0.6) is 0 Å². The molecular weight excluding hydrogens is 316 g/mol. The topological polar surface area (TPSA) is 63.0 Å². The Morgan fingerprint density at radius 1 is 1.20 bits per heavy atom. The second-order valence-electron chi connectivity index (χ2n) is 6.81. The molecule has 1 aliphatic rings. The largest absolute Gasteiger partial charge is 0.465 e. The summed E-state index contributed by atoms with van der Waals surface area (Å²) in [5.74, 6) is -0.448. The Morgan fingerprint density at radius 2 is 1.88 bits per heavy atom. The van der Waals surface area contributed by atoms with Gasteiger partial charge in [0.25, 0.3) is 0 Å². The van der Waals surface area contributed by atoms with Crippen LogP contribution >= 0.6 is 0 Å². The van der Waals surface area contributed by atoms with Crippen LogP contribution in [0.4, 0.5) is 0 Å². The number of aromatic amines is 1. The minimum atomic E-state index is -0.417. The summed E-state index contributed by atoms with van der Waals surface area (Å²) in [6.45, 7) is 5.46. The van der Waals surface area contributed by atoms with E-state index in [4.69, 9.17) is 4.74 Å². The van der Waals surface area contributed by atoms with Gasteiger partial charge >= 0.3 is 5.97 Å². The number of carbonyl (C=O) groups is 2. The van der Waals surface area contributed by atoms with Crippen LogP contribution < -0.4 is 4.57 Å². The summed E-state index contributed by atoms with van der Waals surface area (Å²) >= 11 is 0. The molecule has 5 nitrogen and oxygen atoms in total. The Labute approximate surface area is 148 Å². The molecule has 0 aromatic carbocycles. The van der Waals surface area contributed by atoms with Crippen LogP contribution in [0.1, 0.15) is 69.0 Å². The lowest BCUT2D eigenvalue weighted by Crippen LogP contribution is -2.43. The molecule has 132 valence electrons. The first-order valence-corrected chi connectivity index (χ1v) is 8.78. The molecule has 2 heterocycles. The summed E-state index contributed by atoms with van der Waals surface area (Å²) in [7, 11) is 1.35. The van der Waals surface area contributed by atoms with Crippen molar-refractivity contribution in [2.45, 2.75) is 52.5 Å². The molecule has 1 N–H and O–H groups in total. The zero-order valence-electron chi connectivity index (χ0n) is 15.3. The fraction of sp³-hybridized carbons (Fsp3) is 0.450. The van der Waals surface area contributed by atoms with Gasteiger partial charge in [0.2, 0.25) is 11.8 Å². The molecule has 0 radical (unpaired) electrons. The number of nitrogens with zero attached hydrogens (tertiary/aromatic N) is 1. The molecule has 1 atom stereocenters. The number of ketones is 1. The van der Waals surface area contributed by atoms with Gasteiger partial charge < -0.3 is 9.72 Å². The number of hydrogen-bond donors (Lipinski definition) is 1. The molecule has 0 saturated heterocycles. The maximum atomic E-state index is 13.0. The van der Waals surface area contributed by atoms with E-state index in [-0.39, 0.29) is 11.8 Å². The Balaban J connectivity index is 1.92. The maximum absolute atomic E-state index is 13.0. The summed E-state index contributed by atoms with van der Waals surface area (Å²) in [6, 6.07) is 1.79. The van der Waals surface area contributed by atoms with Crippen molar-refractivity contribution in [1.29, 1.82) is 0 Å². The molecule has 5 heteroatoms. The maximum Gasteiger partial charge on any atom is 0.339 e. The van der Waals surface area contributed by atoms with Gasteiger partial charge in [0.15, 0.2) is 12.4 Å². The van der Waals surface area contributed by atoms with Crippen molar-refractivity contribution in [3.63, 3.8) is 0 Å². The molecule has 0 fully saturated rings. The molecule has 0 saturated carbocycles. The second-order valence-corrected chi connectivity index (χ2v) is 6.81. The number of methoxy groups -OCH3 is 1. The van der Waals surface area contributed by atoms with Gasteiger partial charge in [-0.2, -0.15) is 4.57 Å². The predicted octanol–water partition coefficient (Wildman–Crippen LogP) is 3.03. The molecule has 0 amide bonds. The highest BCUT2D eigenvalue weighted by atomic mass is 16.5. The van der Waals surface area contributed by atoms with E-state index in [9.17, 15) is 9.59 Å². The van der Waals surface area contributed by atoms with Crippen molar-refractivity contribution >= 4 is 11.8 Å². The van der Waals surface area contributed by atoms with E-state index in [1.165, 1.54) is 31.1 Å². The number of hydrogen-bond acceptors (Lipinski definition) is 3. The van der Waals surface area contributed by atoms with Gasteiger partial charge in [0.05, 0.1) is 18.4 Å². The average molecular weight is 341 g/mol. The summed E-state index contributed by atoms with van der Waals surface area (Å²) in [5.41, 5.74) is 4.98. The van der Waals surface area contributed by atoms with E-state index < -0.39 is 5.97 Å². The predicted molar refractivity (Wildman–Crippen MR) is 93.9 cm³/mol. The molecule has 0 spiro atoms. The lowest BCUT2D eigenvalue weighted by atomic mass is 9.93. The molecule has 0 unspecified atom stereocenters. The van der Waals surface area contributed by atoms with Crippen LogP contribution in [0.15, 0.2) is 18.5 Å². The Morgan fingerprint density at radius 3 is 2.56 bits per heavy atom. The van der Waals surface area contributed by atoms with Gasteiger partial charge in [0.1, 0.15) is 0 Å². The van der Waals surface area contributed by atoms with Crippen molar-refractivity contribution in [2.24, 2.45) is 0 Å². The number of H-pyrrole nitrogens is 1. The Bertz CT molecular complexity index is 836. The van der Waals surface area contributed by atoms with E-state index >= 15 is 0 Å². The summed E-state index contributed by atoms with van der Waals surface area (Å²) in [6.07, 6.45) is 8.72. The van der Waals surface area contributed by atoms with Gasteiger partial charge in [-0.1, -0.05) is 0 Å². The summed E-state index contributed by atoms with van der Waals surface area (Å²) in [4.78, 5) is 28.0. The smallest absolute Gasteiger partial charge is 0.339 e. The van der Waals surface area contributed by atoms with E-state index in [2.05, 4.69) is 17.2 Å². The Kier molecular flexibility index (Phi) is 4.75. The number of Topliss-reactive ketones (excluding diaryl/α,β-unsaturated/α-hetero) is 1. The number of aromatic nitrogens is 2. The summed E-state index contributed by atoms with van der Waals surface area (Å²) < 4.78 is 6.80. The summed E-state index contributed by atoms with van der Waals surface area (Å²) in [5, 5.41) is 0. The highest BCUT2D eigenvalue weighted by molar-refractivity contribution is 6.02. The van der Waals surface area contributed by atoms with Gasteiger partial charge in [-0.15, -0.1) is 0 Å². The molecule has 0 bridgehead atoms. The number of fused-ring (bicyclic) bond motifs is 1. The van der Waals surface area contributed by atoms with Crippen LogP contribution in [-0.2, 0) is 17.6 Å². The van der Waals surface area contributed by atoms with Gasteiger partial charge in [-0.25, -0.2) is 4.79 Å².